The topological polar surface area (TPSA) is 107 Å². The first-order chi connectivity index (χ1) is 9.60. The molecule has 21 heavy (non-hydrogen) atoms. The number of nitrogens with zero attached hydrogens (tertiary/aromatic N) is 1. The van der Waals surface area contributed by atoms with Gasteiger partial charge in [0.25, 0.3) is 0 Å². The third-order valence-electron chi connectivity index (χ3n) is 3.35. The molecule has 1 saturated heterocycles. The molecule has 0 aromatic carbocycles. The fourth-order valence-electron chi connectivity index (χ4n) is 2.38. The third kappa shape index (κ3) is 5.71. The van der Waals surface area contributed by atoms with Gasteiger partial charge in [0, 0.05) is 26.1 Å². The van der Waals surface area contributed by atoms with Crippen LogP contribution >= 0.6 is 0 Å². The Labute approximate surface area is 124 Å². The lowest BCUT2D eigenvalue weighted by Crippen LogP contribution is -2.44. The van der Waals surface area contributed by atoms with E-state index in [1.165, 1.54) is 6.92 Å². The van der Waals surface area contributed by atoms with Gasteiger partial charge < -0.3 is 20.4 Å². The number of carboxylic acid groups (broad SMARTS) is 1. The number of carbonyl (C=O) groups excluding carboxylic acids is 2. The van der Waals surface area contributed by atoms with E-state index in [2.05, 4.69) is 5.32 Å². The van der Waals surface area contributed by atoms with Crippen LogP contribution in [0.1, 0.15) is 33.6 Å². The Balaban J connectivity index is 2.47. The van der Waals surface area contributed by atoms with Crippen molar-refractivity contribution in [1.29, 1.82) is 0 Å². The quantitative estimate of drug-likeness (QED) is 0.605. The Morgan fingerprint density at radius 3 is 2.62 bits per heavy atom. The van der Waals surface area contributed by atoms with E-state index in [1.807, 2.05) is 13.8 Å². The summed E-state index contributed by atoms with van der Waals surface area (Å²) >= 11 is 0. The van der Waals surface area contributed by atoms with Crippen molar-refractivity contribution in [3.63, 3.8) is 0 Å². The van der Waals surface area contributed by atoms with Crippen molar-refractivity contribution in [1.82, 2.24) is 10.2 Å². The average molecular weight is 300 g/mol. The van der Waals surface area contributed by atoms with E-state index in [0.717, 1.165) is 0 Å². The van der Waals surface area contributed by atoms with E-state index in [1.54, 1.807) is 4.90 Å². The van der Waals surface area contributed by atoms with Crippen molar-refractivity contribution in [2.75, 3.05) is 19.6 Å². The van der Waals surface area contributed by atoms with Gasteiger partial charge in [-0.05, 0) is 12.8 Å². The van der Waals surface area contributed by atoms with Crippen molar-refractivity contribution in [3.05, 3.63) is 0 Å². The molecule has 1 fully saturated rings. The minimum Gasteiger partial charge on any atom is -0.481 e. The second kappa shape index (κ2) is 6.89. The van der Waals surface area contributed by atoms with Crippen LogP contribution in [-0.2, 0) is 14.4 Å². The average Bonchev–Trinajstić information content (AvgIpc) is 2.65. The van der Waals surface area contributed by atoms with Crippen LogP contribution in [-0.4, -0.2) is 58.1 Å². The van der Waals surface area contributed by atoms with Gasteiger partial charge in [0.05, 0.1) is 17.9 Å². The molecule has 2 amide bonds. The standard InChI is InChI=1S/C14H24N2O5/c1-9(2)6-16-7-10(4-11(16)17)13(20)15-8-14(3,21)5-12(18)19/h9-10,21H,4-8H2,1-3H3,(H,15,20)(H,18,19). The Kier molecular flexibility index (Phi) is 5.71. The van der Waals surface area contributed by atoms with Crippen LogP contribution in [0.15, 0.2) is 0 Å². The maximum absolute atomic E-state index is 12.0. The zero-order valence-electron chi connectivity index (χ0n) is 12.8. The third-order valence-corrected chi connectivity index (χ3v) is 3.35. The number of amides is 2. The second-order valence-corrected chi connectivity index (χ2v) is 6.38. The number of hydrogen-bond acceptors (Lipinski definition) is 4. The first kappa shape index (κ1) is 17.4. The van der Waals surface area contributed by atoms with Gasteiger partial charge >= 0.3 is 5.97 Å². The molecule has 2 atom stereocenters. The van der Waals surface area contributed by atoms with Crippen LogP contribution in [0.25, 0.3) is 0 Å². The predicted molar refractivity (Wildman–Crippen MR) is 75.4 cm³/mol. The molecule has 1 aliphatic rings. The summed E-state index contributed by atoms with van der Waals surface area (Å²) in [4.78, 5) is 36.0. The van der Waals surface area contributed by atoms with Gasteiger partial charge in [-0.1, -0.05) is 13.8 Å². The zero-order chi connectivity index (χ0) is 16.2. The lowest BCUT2D eigenvalue weighted by molar-refractivity contribution is -0.142. The van der Waals surface area contributed by atoms with Gasteiger partial charge in [0.1, 0.15) is 0 Å². The molecular weight excluding hydrogens is 276 g/mol. The minimum atomic E-state index is -1.50. The molecule has 1 rings (SSSR count). The molecule has 0 spiro atoms. The van der Waals surface area contributed by atoms with Gasteiger partial charge in [-0.25, -0.2) is 0 Å². The largest absolute Gasteiger partial charge is 0.481 e. The summed E-state index contributed by atoms with van der Waals surface area (Å²) in [6.45, 7) is 6.22. The summed E-state index contributed by atoms with van der Waals surface area (Å²) in [6.07, 6.45) is -0.282. The fourth-order valence-corrected chi connectivity index (χ4v) is 2.38. The maximum atomic E-state index is 12.0. The molecule has 0 saturated carbocycles. The van der Waals surface area contributed by atoms with Gasteiger partial charge in [-0.3, -0.25) is 14.4 Å². The number of aliphatic carboxylic acids is 1. The van der Waals surface area contributed by atoms with Crippen LogP contribution in [0.4, 0.5) is 0 Å². The molecule has 120 valence electrons. The summed E-state index contributed by atoms with van der Waals surface area (Å²) in [5, 5.41) is 21.0. The number of carbonyl (C=O) groups is 3. The number of rotatable bonds is 7. The predicted octanol–water partition coefficient (Wildman–Crippen LogP) is -0.167. The van der Waals surface area contributed by atoms with Crippen molar-refractivity contribution < 1.29 is 24.6 Å². The van der Waals surface area contributed by atoms with Gasteiger partial charge in [0.15, 0.2) is 0 Å². The van der Waals surface area contributed by atoms with Gasteiger partial charge in [-0.2, -0.15) is 0 Å². The molecule has 0 aromatic heterocycles. The molecule has 2 unspecified atom stereocenters. The number of nitrogens with one attached hydrogen (secondary N) is 1. The van der Waals surface area contributed by atoms with E-state index >= 15 is 0 Å². The Morgan fingerprint density at radius 1 is 1.48 bits per heavy atom. The first-order valence-corrected chi connectivity index (χ1v) is 7.10. The van der Waals surface area contributed by atoms with Crippen LogP contribution in [0.5, 0.6) is 0 Å². The van der Waals surface area contributed by atoms with Crippen LogP contribution < -0.4 is 5.32 Å². The molecule has 0 aliphatic carbocycles. The van der Waals surface area contributed by atoms with Crippen molar-refractivity contribution >= 4 is 17.8 Å². The molecule has 1 heterocycles. The SMILES string of the molecule is CC(C)CN1CC(C(=O)NCC(C)(O)CC(=O)O)CC1=O. The summed E-state index contributed by atoms with van der Waals surface area (Å²) in [6, 6.07) is 0. The Hall–Kier alpha value is -1.63. The molecule has 0 aromatic rings. The summed E-state index contributed by atoms with van der Waals surface area (Å²) in [5.74, 6) is -1.58. The lowest BCUT2D eigenvalue weighted by atomic mass is 10.0. The van der Waals surface area contributed by atoms with E-state index in [0.29, 0.717) is 19.0 Å². The van der Waals surface area contributed by atoms with E-state index < -0.39 is 23.9 Å². The zero-order valence-corrected chi connectivity index (χ0v) is 12.8. The molecular formula is C14H24N2O5. The highest BCUT2D eigenvalue weighted by molar-refractivity contribution is 5.89. The number of carboxylic acids is 1. The van der Waals surface area contributed by atoms with Crippen molar-refractivity contribution in [2.45, 2.75) is 39.2 Å². The lowest BCUT2D eigenvalue weighted by Gasteiger charge is -2.23. The monoisotopic (exact) mass is 300 g/mol. The van der Waals surface area contributed by atoms with Crippen molar-refractivity contribution in [3.8, 4) is 0 Å². The molecule has 0 bridgehead atoms. The summed E-state index contributed by atoms with van der Waals surface area (Å²) in [7, 11) is 0. The molecule has 0 radical (unpaired) electrons. The summed E-state index contributed by atoms with van der Waals surface area (Å²) < 4.78 is 0. The molecule has 7 heteroatoms. The first-order valence-electron chi connectivity index (χ1n) is 7.10. The Bertz CT molecular complexity index is 420. The van der Waals surface area contributed by atoms with Crippen LogP contribution in [0.2, 0.25) is 0 Å². The number of likely N-dealkylation sites (tertiary alicyclic amines) is 1. The Morgan fingerprint density at radius 2 is 2.10 bits per heavy atom. The number of aliphatic hydroxyl groups is 1. The fraction of sp³-hybridized carbons (Fsp3) is 0.786. The minimum absolute atomic E-state index is 0.0406. The normalized spacial score (nSPS) is 21.5. The van der Waals surface area contributed by atoms with Gasteiger partial charge in [0.2, 0.25) is 11.8 Å². The highest BCUT2D eigenvalue weighted by Crippen LogP contribution is 2.19. The smallest absolute Gasteiger partial charge is 0.306 e. The molecule has 7 nitrogen and oxygen atoms in total. The van der Waals surface area contributed by atoms with Crippen LogP contribution in [0.3, 0.4) is 0 Å². The molecule has 3 N–H and O–H groups in total. The van der Waals surface area contributed by atoms with Gasteiger partial charge in [-0.15, -0.1) is 0 Å². The second-order valence-electron chi connectivity index (χ2n) is 6.38. The summed E-state index contributed by atoms with van der Waals surface area (Å²) in [5.41, 5.74) is -1.50. The molecule has 1 aliphatic heterocycles. The van der Waals surface area contributed by atoms with Crippen molar-refractivity contribution in [2.24, 2.45) is 11.8 Å². The number of hydrogen-bond donors (Lipinski definition) is 3. The highest BCUT2D eigenvalue weighted by atomic mass is 16.4. The van der Waals surface area contributed by atoms with E-state index in [4.69, 9.17) is 5.11 Å². The maximum Gasteiger partial charge on any atom is 0.306 e. The van der Waals surface area contributed by atoms with E-state index in [-0.39, 0.29) is 24.8 Å². The highest BCUT2D eigenvalue weighted by Gasteiger charge is 2.35. The van der Waals surface area contributed by atoms with E-state index in [9.17, 15) is 19.5 Å². The van der Waals surface area contributed by atoms with Crippen LogP contribution in [0, 0.1) is 11.8 Å².